The summed E-state index contributed by atoms with van der Waals surface area (Å²) in [4.78, 5) is 29.5. The fourth-order valence-corrected chi connectivity index (χ4v) is 3.09. The highest BCUT2D eigenvalue weighted by Gasteiger charge is 2.31. The van der Waals surface area contributed by atoms with Gasteiger partial charge in [0.2, 0.25) is 5.78 Å². The Labute approximate surface area is 149 Å². The minimum atomic E-state index is -0.385. The predicted octanol–water partition coefficient (Wildman–Crippen LogP) is 1.75. The molecule has 0 spiro atoms. The van der Waals surface area contributed by atoms with Gasteiger partial charge in [0.15, 0.2) is 6.04 Å². The van der Waals surface area contributed by atoms with Crippen molar-refractivity contribution in [2.24, 2.45) is 0 Å². The number of esters is 1. The number of ketones is 1. The molecule has 1 aromatic carbocycles. The van der Waals surface area contributed by atoms with Crippen molar-refractivity contribution < 1.29 is 19.2 Å². The van der Waals surface area contributed by atoms with Gasteiger partial charge in [0.05, 0.1) is 32.0 Å². The van der Waals surface area contributed by atoms with E-state index in [9.17, 15) is 9.59 Å². The van der Waals surface area contributed by atoms with Crippen LogP contribution in [0.25, 0.3) is 0 Å². The molecule has 1 aromatic heterocycles. The molecular formula is C20H27N2O3+. The lowest BCUT2D eigenvalue weighted by atomic mass is 9.97. The van der Waals surface area contributed by atoms with E-state index in [0.29, 0.717) is 35.5 Å². The monoisotopic (exact) mass is 343 g/mol. The van der Waals surface area contributed by atoms with Gasteiger partial charge >= 0.3 is 5.97 Å². The molecular weight excluding hydrogens is 316 g/mol. The number of aromatic amines is 1. The number of nitrogens with one attached hydrogen (secondary N) is 2. The van der Waals surface area contributed by atoms with Gasteiger partial charge in [-0.3, -0.25) is 4.79 Å². The number of rotatable bonds is 7. The van der Waals surface area contributed by atoms with Crippen molar-refractivity contribution in [2.75, 3.05) is 20.7 Å². The fraction of sp³-hybridized carbons (Fsp3) is 0.400. The first-order valence-electron chi connectivity index (χ1n) is 8.61. The highest BCUT2D eigenvalue weighted by molar-refractivity contribution is 6.03. The highest BCUT2D eigenvalue weighted by atomic mass is 16.5. The summed E-state index contributed by atoms with van der Waals surface area (Å²) in [5.41, 5.74) is 3.43. The molecule has 0 saturated carbocycles. The molecule has 0 amide bonds. The van der Waals surface area contributed by atoms with Gasteiger partial charge in [0.1, 0.15) is 0 Å². The Kier molecular flexibility index (Phi) is 6.15. The second-order valence-corrected chi connectivity index (χ2v) is 6.53. The lowest BCUT2D eigenvalue weighted by Gasteiger charge is -2.20. The van der Waals surface area contributed by atoms with Crippen molar-refractivity contribution in [3.8, 4) is 0 Å². The Balaban J connectivity index is 2.34. The van der Waals surface area contributed by atoms with Crippen LogP contribution in [0, 0.1) is 13.8 Å². The SMILES string of the molecule is CCOC(=O)c1c(C)[nH]c(C(=O)[C@@H](Cc2ccccc2)[NH+](C)C)c1C. The Morgan fingerprint density at radius 2 is 1.80 bits per heavy atom. The maximum atomic E-state index is 13.2. The Morgan fingerprint density at radius 1 is 1.16 bits per heavy atom. The average molecular weight is 343 g/mol. The van der Waals surface area contributed by atoms with Crippen LogP contribution in [0.3, 0.4) is 0 Å². The van der Waals surface area contributed by atoms with E-state index in [2.05, 4.69) is 4.98 Å². The van der Waals surface area contributed by atoms with Crippen molar-refractivity contribution in [2.45, 2.75) is 33.2 Å². The number of carbonyl (C=O) groups excluding carboxylic acids is 2. The first-order chi connectivity index (χ1) is 11.9. The average Bonchev–Trinajstić information content (AvgIpc) is 2.87. The topological polar surface area (TPSA) is 63.6 Å². The molecule has 2 aromatic rings. The molecule has 0 aliphatic rings. The van der Waals surface area contributed by atoms with Crippen molar-refractivity contribution in [3.05, 3.63) is 58.4 Å². The molecule has 0 radical (unpaired) electrons. The molecule has 5 nitrogen and oxygen atoms in total. The molecule has 0 fully saturated rings. The number of aromatic nitrogens is 1. The summed E-state index contributed by atoms with van der Waals surface area (Å²) in [5, 5.41) is 0. The number of hydrogen-bond acceptors (Lipinski definition) is 3. The Bertz CT molecular complexity index is 748. The van der Waals surface area contributed by atoms with Gasteiger partial charge in [-0.05, 0) is 31.9 Å². The number of carbonyl (C=O) groups is 2. The largest absolute Gasteiger partial charge is 0.462 e. The second kappa shape index (κ2) is 8.12. The van der Waals surface area contributed by atoms with Crippen LogP contribution in [-0.4, -0.2) is 43.5 Å². The highest BCUT2D eigenvalue weighted by Crippen LogP contribution is 2.20. The summed E-state index contributed by atoms with van der Waals surface area (Å²) in [6.45, 7) is 5.68. The van der Waals surface area contributed by atoms with E-state index in [0.717, 1.165) is 10.5 Å². The zero-order valence-electron chi connectivity index (χ0n) is 15.6. The van der Waals surface area contributed by atoms with E-state index in [4.69, 9.17) is 4.74 Å². The van der Waals surface area contributed by atoms with Crippen LogP contribution in [0.4, 0.5) is 0 Å². The smallest absolute Gasteiger partial charge is 0.340 e. The zero-order chi connectivity index (χ0) is 18.6. The van der Waals surface area contributed by atoms with E-state index in [1.807, 2.05) is 44.4 Å². The summed E-state index contributed by atoms with van der Waals surface area (Å²) in [6.07, 6.45) is 0.647. The van der Waals surface area contributed by atoms with Crippen molar-refractivity contribution in [1.29, 1.82) is 0 Å². The molecule has 1 atom stereocenters. The number of ether oxygens (including phenoxy) is 1. The van der Waals surface area contributed by atoms with Crippen molar-refractivity contribution >= 4 is 11.8 Å². The normalized spacial score (nSPS) is 12.2. The lowest BCUT2D eigenvalue weighted by Crippen LogP contribution is -3.11. The third-order valence-corrected chi connectivity index (χ3v) is 4.46. The van der Waals surface area contributed by atoms with Gasteiger partial charge < -0.3 is 14.6 Å². The summed E-state index contributed by atoms with van der Waals surface area (Å²) in [7, 11) is 3.95. The third kappa shape index (κ3) is 4.17. The number of Topliss-reactive ketones (excluding diaryl/α,β-unsaturated/α-hetero) is 1. The predicted molar refractivity (Wildman–Crippen MR) is 97.3 cm³/mol. The molecule has 0 saturated heterocycles. The second-order valence-electron chi connectivity index (χ2n) is 6.53. The molecule has 0 bridgehead atoms. The van der Waals surface area contributed by atoms with E-state index in [1.165, 1.54) is 0 Å². The first kappa shape index (κ1) is 18.9. The van der Waals surface area contributed by atoms with Crippen molar-refractivity contribution in [3.63, 3.8) is 0 Å². The number of H-pyrrole nitrogens is 1. The molecule has 5 heteroatoms. The molecule has 0 aliphatic heterocycles. The van der Waals surface area contributed by atoms with Crippen LogP contribution in [0.2, 0.25) is 0 Å². The summed E-state index contributed by atoms with van der Waals surface area (Å²) in [6, 6.07) is 9.75. The van der Waals surface area contributed by atoms with Crippen LogP contribution in [-0.2, 0) is 11.2 Å². The molecule has 0 unspecified atom stereocenters. The molecule has 2 N–H and O–H groups in total. The molecule has 1 heterocycles. The van der Waals surface area contributed by atoms with Crippen LogP contribution in [0.1, 0.15) is 44.6 Å². The van der Waals surface area contributed by atoms with Crippen LogP contribution >= 0.6 is 0 Å². The number of hydrogen-bond donors (Lipinski definition) is 2. The van der Waals surface area contributed by atoms with Crippen LogP contribution in [0.15, 0.2) is 30.3 Å². The zero-order valence-corrected chi connectivity index (χ0v) is 15.6. The molecule has 0 aliphatic carbocycles. The van der Waals surface area contributed by atoms with E-state index in [-0.39, 0.29) is 17.8 Å². The van der Waals surface area contributed by atoms with Gasteiger partial charge in [-0.25, -0.2) is 4.79 Å². The lowest BCUT2D eigenvalue weighted by molar-refractivity contribution is -0.874. The standard InChI is InChI=1S/C20H26N2O3/c1-6-25-20(24)17-13(2)18(21-14(17)3)19(23)16(22(4)5)12-15-10-8-7-9-11-15/h7-11,16,21H,6,12H2,1-5H3/p+1/t16-/m1/s1. The quantitative estimate of drug-likeness (QED) is 0.595. The maximum absolute atomic E-state index is 13.2. The van der Waals surface area contributed by atoms with Crippen LogP contribution < -0.4 is 4.90 Å². The van der Waals surface area contributed by atoms with Crippen LogP contribution in [0.5, 0.6) is 0 Å². The van der Waals surface area contributed by atoms with Gasteiger partial charge in [-0.1, -0.05) is 30.3 Å². The van der Waals surface area contributed by atoms with Gasteiger partial charge in [0.25, 0.3) is 0 Å². The third-order valence-electron chi connectivity index (χ3n) is 4.46. The minimum Gasteiger partial charge on any atom is -0.462 e. The van der Waals surface area contributed by atoms with Gasteiger partial charge in [-0.15, -0.1) is 0 Å². The number of benzene rings is 1. The van der Waals surface area contributed by atoms with E-state index in [1.54, 1.807) is 20.8 Å². The van der Waals surface area contributed by atoms with E-state index < -0.39 is 0 Å². The number of aryl methyl sites for hydroxylation is 1. The summed E-state index contributed by atoms with van der Waals surface area (Å²) >= 11 is 0. The molecule has 134 valence electrons. The molecule has 25 heavy (non-hydrogen) atoms. The van der Waals surface area contributed by atoms with E-state index >= 15 is 0 Å². The molecule has 2 rings (SSSR count). The summed E-state index contributed by atoms with van der Waals surface area (Å²) < 4.78 is 5.11. The van der Waals surface area contributed by atoms with Gasteiger partial charge in [-0.2, -0.15) is 0 Å². The summed E-state index contributed by atoms with van der Waals surface area (Å²) in [5.74, 6) is -0.371. The maximum Gasteiger partial charge on any atom is 0.340 e. The number of quaternary nitrogens is 1. The van der Waals surface area contributed by atoms with Gasteiger partial charge in [0, 0.05) is 12.1 Å². The van der Waals surface area contributed by atoms with Crippen molar-refractivity contribution in [1.82, 2.24) is 4.98 Å². The Morgan fingerprint density at radius 3 is 2.36 bits per heavy atom. The number of likely N-dealkylation sites (N-methyl/N-ethyl adjacent to an activating group) is 1. The fourth-order valence-electron chi connectivity index (χ4n) is 3.09. The Hall–Kier alpha value is -2.40. The first-order valence-corrected chi connectivity index (χ1v) is 8.61. The minimum absolute atomic E-state index is 0.0139.